The number of benzene rings is 2. The van der Waals surface area contributed by atoms with Gasteiger partial charge in [0.25, 0.3) is 5.91 Å². The molecule has 0 spiro atoms. The highest BCUT2D eigenvalue weighted by Crippen LogP contribution is 2.26. The van der Waals surface area contributed by atoms with E-state index in [1.54, 1.807) is 6.20 Å². The van der Waals surface area contributed by atoms with Gasteiger partial charge in [-0.3, -0.25) is 9.78 Å². The Morgan fingerprint density at radius 2 is 1.80 bits per heavy atom. The fourth-order valence-corrected chi connectivity index (χ4v) is 4.36. The lowest BCUT2D eigenvalue weighted by Gasteiger charge is -2.19. The van der Waals surface area contributed by atoms with Crippen LogP contribution in [0.25, 0.3) is 10.9 Å². The second-order valence-corrected chi connectivity index (χ2v) is 8.42. The predicted molar refractivity (Wildman–Crippen MR) is 135 cm³/mol. The summed E-state index contributed by atoms with van der Waals surface area (Å²) in [7, 11) is 1.87. The van der Waals surface area contributed by atoms with Gasteiger partial charge in [-0.2, -0.15) is 0 Å². The molecule has 2 aromatic carbocycles. The minimum Gasteiger partial charge on any atom is -0.452 e. The molecule has 4 rings (SSSR count). The largest absolute Gasteiger partial charge is 0.452 e. The maximum atomic E-state index is 13.3. The van der Waals surface area contributed by atoms with E-state index in [0.29, 0.717) is 17.8 Å². The molecule has 0 saturated carbocycles. The van der Waals surface area contributed by atoms with E-state index >= 15 is 0 Å². The Kier molecular flexibility index (Phi) is 7.55. The average molecular weight is 471 g/mol. The van der Waals surface area contributed by atoms with Crippen molar-refractivity contribution in [3.05, 3.63) is 95.2 Å². The molecular weight excluding hydrogens is 440 g/mol. The van der Waals surface area contributed by atoms with Crippen LogP contribution >= 0.6 is 0 Å². The van der Waals surface area contributed by atoms with Crippen molar-refractivity contribution in [3.63, 3.8) is 0 Å². The number of esters is 1. The van der Waals surface area contributed by atoms with Gasteiger partial charge in [0.05, 0.1) is 11.1 Å². The highest BCUT2D eigenvalue weighted by atomic mass is 16.5. The molecule has 0 fully saturated rings. The second-order valence-electron chi connectivity index (χ2n) is 8.42. The van der Waals surface area contributed by atoms with Crippen LogP contribution in [0.5, 0.6) is 0 Å². The summed E-state index contributed by atoms with van der Waals surface area (Å²) in [6, 6.07) is 16.7. The highest BCUT2D eigenvalue weighted by Gasteiger charge is 2.24. The summed E-state index contributed by atoms with van der Waals surface area (Å²) in [5.74, 6) is -0.227. The first-order valence-electron chi connectivity index (χ1n) is 11.9. The first kappa shape index (κ1) is 24.1. The lowest BCUT2D eigenvalue weighted by atomic mass is 9.96. The van der Waals surface area contributed by atoms with Crippen LogP contribution in [-0.2, 0) is 29.4 Å². The van der Waals surface area contributed by atoms with Crippen LogP contribution < -0.4 is 5.32 Å². The van der Waals surface area contributed by atoms with Gasteiger partial charge in [-0.05, 0) is 30.0 Å². The van der Waals surface area contributed by atoms with E-state index in [4.69, 9.17) is 9.72 Å². The quantitative estimate of drug-likeness (QED) is 0.363. The Hall–Kier alpha value is -4.00. The third kappa shape index (κ3) is 5.24. The number of nitrogens with zero attached hydrogens (tertiary/aromatic N) is 3. The number of ether oxygens (including phenoxy) is 1. The summed E-state index contributed by atoms with van der Waals surface area (Å²) in [6.07, 6.45) is 5.86. The van der Waals surface area contributed by atoms with E-state index in [1.807, 2.05) is 79.3 Å². The van der Waals surface area contributed by atoms with Crippen LogP contribution in [0.3, 0.4) is 0 Å². The molecule has 0 aliphatic rings. The van der Waals surface area contributed by atoms with Crippen LogP contribution in [0.15, 0.2) is 67.0 Å². The molecule has 0 bridgehead atoms. The Morgan fingerprint density at radius 1 is 1.06 bits per heavy atom. The number of imidazole rings is 1. The number of rotatable bonds is 9. The number of pyridine rings is 1. The van der Waals surface area contributed by atoms with Gasteiger partial charge < -0.3 is 14.6 Å². The third-order valence-electron chi connectivity index (χ3n) is 6.01. The summed E-state index contributed by atoms with van der Waals surface area (Å²) >= 11 is 0. The Morgan fingerprint density at radius 3 is 2.49 bits per heavy atom. The summed E-state index contributed by atoms with van der Waals surface area (Å²) in [5.41, 5.74) is 3.93. The molecule has 7 heteroatoms. The van der Waals surface area contributed by atoms with E-state index in [9.17, 15) is 9.59 Å². The molecule has 2 aromatic heterocycles. The topological polar surface area (TPSA) is 86.1 Å². The zero-order valence-electron chi connectivity index (χ0n) is 20.3. The smallest absolute Gasteiger partial charge is 0.339 e. The third-order valence-corrected chi connectivity index (χ3v) is 6.01. The first-order valence-corrected chi connectivity index (χ1v) is 11.9. The van der Waals surface area contributed by atoms with Gasteiger partial charge in [-0.15, -0.1) is 0 Å². The van der Waals surface area contributed by atoms with Gasteiger partial charge in [-0.1, -0.05) is 68.8 Å². The number of para-hydroxylation sites is 1. The van der Waals surface area contributed by atoms with Crippen molar-refractivity contribution in [1.82, 2.24) is 19.9 Å². The average Bonchev–Trinajstić information content (AvgIpc) is 3.31. The monoisotopic (exact) mass is 470 g/mol. The molecule has 180 valence electrons. The minimum absolute atomic E-state index is 0.393. The van der Waals surface area contributed by atoms with E-state index in [0.717, 1.165) is 40.6 Å². The zero-order chi connectivity index (χ0) is 24.8. The Labute approximate surface area is 205 Å². The van der Waals surface area contributed by atoms with Crippen molar-refractivity contribution in [2.75, 3.05) is 6.61 Å². The Bertz CT molecular complexity index is 1330. The number of nitrogens with one attached hydrogen (secondary N) is 1. The van der Waals surface area contributed by atoms with Gasteiger partial charge in [-0.25, -0.2) is 9.78 Å². The minimum atomic E-state index is -0.513. The molecule has 0 aliphatic heterocycles. The van der Waals surface area contributed by atoms with Crippen LogP contribution in [0, 0.1) is 0 Å². The molecule has 0 aliphatic carbocycles. The van der Waals surface area contributed by atoms with Crippen molar-refractivity contribution in [2.24, 2.45) is 7.05 Å². The van der Waals surface area contributed by atoms with E-state index in [-0.39, 0.29) is 0 Å². The lowest BCUT2D eigenvalue weighted by Crippen LogP contribution is -2.34. The molecule has 1 N–H and O–H groups in total. The molecule has 35 heavy (non-hydrogen) atoms. The molecule has 2 heterocycles. The number of aromatic nitrogens is 3. The molecule has 0 saturated heterocycles. The SMILES string of the molecule is CCCc1nc2ccccc2c(C(=O)OCC(=O)NC(c2ccccc2)c2nccn2C)c1CC. The van der Waals surface area contributed by atoms with Gasteiger partial charge in [0.2, 0.25) is 0 Å². The molecule has 1 amide bonds. The maximum absolute atomic E-state index is 13.3. The van der Waals surface area contributed by atoms with Crippen molar-refractivity contribution < 1.29 is 14.3 Å². The number of carbonyl (C=O) groups excluding carboxylic acids is 2. The van der Waals surface area contributed by atoms with Crippen molar-refractivity contribution in [3.8, 4) is 0 Å². The van der Waals surface area contributed by atoms with Crippen molar-refractivity contribution in [2.45, 2.75) is 39.2 Å². The van der Waals surface area contributed by atoms with Gasteiger partial charge in [0, 0.05) is 30.5 Å². The summed E-state index contributed by atoms with van der Waals surface area (Å²) in [6.45, 7) is 3.70. The van der Waals surface area contributed by atoms with Crippen LogP contribution in [0.4, 0.5) is 0 Å². The van der Waals surface area contributed by atoms with Gasteiger partial charge in [0.15, 0.2) is 6.61 Å². The van der Waals surface area contributed by atoms with E-state index in [1.165, 1.54) is 0 Å². The van der Waals surface area contributed by atoms with Crippen molar-refractivity contribution >= 4 is 22.8 Å². The summed E-state index contributed by atoms with van der Waals surface area (Å²) < 4.78 is 7.41. The molecular formula is C28H30N4O3. The van der Waals surface area contributed by atoms with Crippen LogP contribution in [0.2, 0.25) is 0 Å². The van der Waals surface area contributed by atoms with Crippen LogP contribution in [-0.4, -0.2) is 33.0 Å². The van der Waals surface area contributed by atoms with Gasteiger partial charge in [0.1, 0.15) is 11.9 Å². The predicted octanol–water partition coefficient (Wildman–Crippen LogP) is 4.55. The maximum Gasteiger partial charge on any atom is 0.339 e. The molecule has 1 atom stereocenters. The summed E-state index contributed by atoms with van der Waals surface area (Å²) in [4.78, 5) is 35.4. The highest BCUT2D eigenvalue weighted by molar-refractivity contribution is 6.05. The molecule has 1 unspecified atom stereocenters. The van der Waals surface area contributed by atoms with Crippen molar-refractivity contribution in [1.29, 1.82) is 0 Å². The fourth-order valence-electron chi connectivity index (χ4n) is 4.36. The van der Waals surface area contributed by atoms with E-state index < -0.39 is 24.5 Å². The van der Waals surface area contributed by atoms with Crippen LogP contribution in [0.1, 0.15) is 59.3 Å². The number of amides is 1. The molecule has 4 aromatic rings. The normalized spacial score (nSPS) is 11.9. The summed E-state index contributed by atoms with van der Waals surface area (Å²) in [5, 5.41) is 3.71. The van der Waals surface area contributed by atoms with E-state index in [2.05, 4.69) is 17.2 Å². The Balaban J connectivity index is 1.56. The number of carbonyl (C=O) groups is 2. The molecule has 7 nitrogen and oxygen atoms in total. The second kappa shape index (κ2) is 11.0. The standard InChI is InChI=1S/C28H30N4O3/c1-4-11-22-20(5-2)25(21-14-9-10-15-23(21)30-22)28(34)35-18-24(33)31-26(19-12-7-6-8-13-19)27-29-16-17-32(27)3/h6-10,12-17,26H,4-5,11,18H2,1-3H3,(H,31,33). The number of hydrogen-bond acceptors (Lipinski definition) is 5. The molecule has 0 radical (unpaired) electrons. The zero-order valence-corrected chi connectivity index (χ0v) is 20.3. The number of hydrogen-bond donors (Lipinski definition) is 1. The number of aryl methyl sites for hydroxylation is 2. The fraction of sp³-hybridized carbons (Fsp3) is 0.286. The lowest BCUT2D eigenvalue weighted by molar-refractivity contribution is -0.124. The van der Waals surface area contributed by atoms with Gasteiger partial charge >= 0.3 is 5.97 Å². The first-order chi connectivity index (χ1) is 17.0. The number of fused-ring (bicyclic) bond motifs is 1.